The van der Waals surface area contributed by atoms with E-state index < -0.39 is 5.25 Å². The molecule has 0 saturated carbocycles. The Kier molecular flexibility index (Phi) is 7.42. The molecule has 6 nitrogen and oxygen atoms in total. The molecule has 0 bridgehead atoms. The number of thioether (sulfide) groups is 1. The van der Waals surface area contributed by atoms with Gasteiger partial charge in [-0.05, 0) is 48.4 Å². The van der Waals surface area contributed by atoms with E-state index in [0.717, 1.165) is 17.0 Å². The molecule has 1 saturated heterocycles. The minimum atomic E-state index is -0.507. The van der Waals surface area contributed by atoms with Crippen molar-refractivity contribution in [3.8, 4) is 5.75 Å². The monoisotopic (exact) mass is 459 g/mol. The van der Waals surface area contributed by atoms with Crippen LogP contribution in [0.4, 0.5) is 11.4 Å². The first kappa shape index (κ1) is 22.6. The highest BCUT2D eigenvalue weighted by Gasteiger charge is 2.39. The van der Waals surface area contributed by atoms with Crippen LogP contribution in [0.5, 0.6) is 5.75 Å². The maximum Gasteiger partial charge on any atom is 0.242 e. The van der Waals surface area contributed by atoms with E-state index >= 15 is 0 Å². The van der Waals surface area contributed by atoms with Gasteiger partial charge in [-0.25, -0.2) is 4.99 Å². The van der Waals surface area contributed by atoms with Crippen molar-refractivity contribution in [3.05, 3.63) is 90.5 Å². The molecule has 0 radical (unpaired) electrons. The predicted octanol–water partition coefficient (Wildman–Crippen LogP) is 4.90. The normalized spacial score (nSPS) is 16.8. The number of anilines is 1. The first-order valence-electron chi connectivity index (χ1n) is 10.7. The quantitative estimate of drug-likeness (QED) is 0.520. The van der Waals surface area contributed by atoms with Crippen molar-refractivity contribution in [2.75, 3.05) is 19.0 Å². The number of para-hydroxylation sites is 2. The van der Waals surface area contributed by atoms with Crippen molar-refractivity contribution in [2.45, 2.75) is 18.1 Å². The Morgan fingerprint density at radius 1 is 1.00 bits per heavy atom. The van der Waals surface area contributed by atoms with Crippen molar-refractivity contribution in [1.29, 1.82) is 0 Å². The van der Waals surface area contributed by atoms with Crippen LogP contribution in [0.3, 0.4) is 0 Å². The number of hydrogen-bond acceptors (Lipinski definition) is 5. The third-order valence-electron chi connectivity index (χ3n) is 5.21. The molecule has 1 heterocycles. The second kappa shape index (κ2) is 10.8. The van der Waals surface area contributed by atoms with Gasteiger partial charge in [0.05, 0.1) is 12.8 Å². The predicted molar refractivity (Wildman–Crippen MR) is 133 cm³/mol. The van der Waals surface area contributed by atoms with Crippen LogP contribution >= 0.6 is 11.8 Å². The summed E-state index contributed by atoms with van der Waals surface area (Å²) in [4.78, 5) is 32.2. The van der Waals surface area contributed by atoms with E-state index in [-0.39, 0.29) is 18.2 Å². The fraction of sp³-hybridized carbons (Fsp3) is 0.192. The lowest BCUT2D eigenvalue weighted by Crippen LogP contribution is -2.35. The minimum Gasteiger partial charge on any atom is -0.497 e. The maximum atomic E-state index is 13.2. The molecule has 1 aliphatic rings. The van der Waals surface area contributed by atoms with Crippen LogP contribution in [-0.2, 0) is 16.0 Å². The molecule has 4 rings (SSSR count). The molecule has 168 valence electrons. The van der Waals surface area contributed by atoms with Crippen LogP contribution < -0.4 is 10.1 Å². The number of methoxy groups -OCH3 is 1. The van der Waals surface area contributed by atoms with Gasteiger partial charge in [-0.15, -0.1) is 0 Å². The Morgan fingerprint density at radius 3 is 2.33 bits per heavy atom. The van der Waals surface area contributed by atoms with Crippen LogP contribution in [-0.4, -0.2) is 40.8 Å². The number of amidine groups is 1. The Morgan fingerprint density at radius 2 is 1.67 bits per heavy atom. The summed E-state index contributed by atoms with van der Waals surface area (Å²) in [6, 6.07) is 26.6. The topological polar surface area (TPSA) is 71.0 Å². The van der Waals surface area contributed by atoms with Gasteiger partial charge in [0.1, 0.15) is 11.0 Å². The fourth-order valence-corrected chi connectivity index (χ4v) is 4.66. The SMILES string of the molecule is COc1ccc(CCN2C(=O)[C@H](CC(=O)Nc3ccccc3)SC2=Nc2ccccc2)cc1. The summed E-state index contributed by atoms with van der Waals surface area (Å²) in [5, 5.41) is 2.98. The number of carbonyl (C=O) groups is 2. The number of benzene rings is 3. The summed E-state index contributed by atoms with van der Waals surface area (Å²) in [6.07, 6.45) is 0.762. The first-order chi connectivity index (χ1) is 16.1. The van der Waals surface area contributed by atoms with Gasteiger partial charge in [0, 0.05) is 18.7 Å². The number of hydrogen-bond donors (Lipinski definition) is 1. The van der Waals surface area contributed by atoms with E-state index in [0.29, 0.717) is 23.8 Å². The van der Waals surface area contributed by atoms with Crippen molar-refractivity contribution >= 4 is 40.1 Å². The van der Waals surface area contributed by atoms with E-state index in [4.69, 9.17) is 9.73 Å². The molecule has 1 fully saturated rings. The fourth-order valence-electron chi connectivity index (χ4n) is 3.48. The van der Waals surface area contributed by atoms with Crippen molar-refractivity contribution < 1.29 is 14.3 Å². The second-order valence-electron chi connectivity index (χ2n) is 7.54. The Labute approximate surface area is 197 Å². The first-order valence-corrected chi connectivity index (χ1v) is 11.6. The number of carbonyl (C=O) groups excluding carboxylic acids is 2. The van der Waals surface area contributed by atoms with Gasteiger partial charge in [0.2, 0.25) is 11.8 Å². The maximum absolute atomic E-state index is 13.2. The molecule has 3 aromatic carbocycles. The van der Waals surface area contributed by atoms with Gasteiger partial charge >= 0.3 is 0 Å². The Bertz CT molecular complexity index is 1120. The van der Waals surface area contributed by atoms with Crippen molar-refractivity contribution in [1.82, 2.24) is 4.90 Å². The average Bonchev–Trinajstić information content (AvgIpc) is 3.12. The zero-order chi connectivity index (χ0) is 23.0. The molecule has 0 unspecified atom stereocenters. The largest absolute Gasteiger partial charge is 0.497 e. The van der Waals surface area contributed by atoms with E-state index in [1.807, 2.05) is 84.9 Å². The van der Waals surface area contributed by atoms with Crippen LogP contribution in [0.15, 0.2) is 89.9 Å². The molecule has 3 aromatic rings. The highest BCUT2D eigenvalue weighted by molar-refractivity contribution is 8.15. The molecule has 33 heavy (non-hydrogen) atoms. The van der Waals surface area contributed by atoms with E-state index in [2.05, 4.69) is 5.32 Å². The summed E-state index contributed by atoms with van der Waals surface area (Å²) < 4.78 is 5.22. The van der Waals surface area contributed by atoms with Crippen molar-refractivity contribution in [2.24, 2.45) is 4.99 Å². The zero-order valence-electron chi connectivity index (χ0n) is 18.3. The lowest BCUT2D eigenvalue weighted by Gasteiger charge is -2.16. The molecule has 2 amide bonds. The summed E-state index contributed by atoms with van der Waals surface area (Å²) >= 11 is 1.35. The molecule has 7 heteroatoms. The highest BCUT2D eigenvalue weighted by atomic mass is 32.2. The zero-order valence-corrected chi connectivity index (χ0v) is 19.1. The van der Waals surface area contributed by atoms with Crippen LogP contribution in [0.2, 0.25) is 0 Å². The number of amides is 2. The minimum absolute atomic E-state index is 0.0885. The van der Waals surface area contributed by atoms with Gasteiger partial charge < -0.3 is 10.1 Å². The van der Waals surface area contributed by atoms with Crippen LogP contribution in [0, 0.1) is 0 Å². The standard InChI is InChI=1S/C26H25N3O3S/c1-32-22-14-12-19(13-15-22)16-17-29-25(31)23(18-24(30)27-20-8-4-2-5-9-20)33-26(29)28-21-10-6-3-7-11-21/h2-15,23H,16-18H2,1H3,(H,27,30)/t23-/m0/s1. The van der Waals surface area contributed by atoms with E-state index in [9.17, 15) is 9.59 Å². The highest BCUT2D eigenvalue weighted by Crippen LogP contribution is 2.32. The lowest BCUT2D eigenvalue weighted by molar-refractivity contribution is -0.128. The third-order valence-corrected chi connectivity index (χ3v) is 6.39. The number of nitrogens with zero attached hydrogens (tertiary/aromatic N) is 2. The molecular weight excluding hydrogens is 434 g/mol. The molecule has 0 aromatic heterocycles. The van der Waals surface area contributed by atoms with Gasteiger partial charge in [-0.1, -0.05) is 60.3 Å². The third kappa shape index (κ3) is 6.02. The van der Waals surface area contributed by atoms with Crippen molar-refractivity contribution in [3.63, 3.8) is 0 Å². The number of aliphatic imine (C=N–C) groups is 1. The summed E-state index contributed by atoms with van der Waals surface area (Å²) in [6.45, 7) is 0.487. The number of nitrogens with one attached hydrogen (secondary N) is 1. The molecule has 0 spiro atoms. The molecule has 1 N–H and O–H groups in total. The van der Waals surface area contributed by atoms with Crippen LogP contribution in [0.1, 0.15) is 12.0 Å². The van der Waals surface area contributed by atoms with Gasteiger partial charge in [0.15, 0.2) is 5.17 Å². The smallest absolute Gasteiger partial charge is 0.242 e. The summed E-state index contributed by atoms with van der Waals surface area (Å²) in [5.74, 6) is 0.511. The summed E-state index contributed by atoms with van der Waals surface area (Å²) in [5.41, 5.74) is 2.59. The average molecular weight is 460 g/mol. The number of rotatable bonds is 8. The van der Waals surface area contributed by atoms with Gasteiger partial charge in [0.25, 0.3) is 0 Å². The van der Waals surface area contributed by atoms with Crippen LogP contribution in [0.25, 0.3) is 0 Å². The summed E-state index contributed by atoms with van der Waals surface area (Å²) in [7, 11) is 1.63. The van der Waals surface area contributed by atoms with E-state index in [1.54, 1.807) is 12.0 Å². The Hall–Kier alpha value is -3.58. The van der Waals surface area contributed by atoms with Gasteiger partial charge in [-0.2, -0.15) is 0 Å². The van der Waals surface area contributed by atoms with E-state index in [1.165, 1.54) is 11.8 Å². The molecule has 1 aliphatic heterocycles. The molecule has 1 atom stereocenters. The van der Waals surface area contributed by atoms with Gasteiger partial charge in [-0.3, -0.25) is 14.5 Å². The lowest BCUT2D eigenvalue weighted by atomic mass is 10.1. The molecule has 0 aliphatic carbocycles. The number of ether oxygens (including phenoxy) is 1. The Balaban J connectivity index is 1.48. The second-order valence-corrected chi connectivity index (χ2v) is 8.71. The molecular formula is C26H25N3O3S.